The van der Waals surface area contributed by atoms with Gasteiger partial charge >= 0.3 is 0 Å². The van der Waals surface area contributed by atoms with Gasteiger partial charge in [0.25, 0.3) is 0 Å². The molecule has 0 aliphatic rings. The number of nitrogens with one attached hydrogen (secondary N) is 2. The molecular formula is C19H30N4OS. The fraction of sp³-hybridized carbons (Fsp3) is 0.579. The van der Waals surface area contributed by atoms with Crippen LogP contribution in [0.15, 0.2) is 33.1 Å². The first-order valence-electron chi connectivity index (χ1n) is 8.74. The molecule has 0 radical (unpaired) electrons. The lowest BCUT2D eigenvalue weighted by Gasteiger charge is -2.25. The fourth-order valence-corrected chi connectivity index (χ4v) is 3.13. The number of rotatable bonds is 6. The maximum atomic E-state index is 5.81. The Kier molecular flexibility index (Phi) is 6.27. The largest absolute Gasteiger partial charge is 0.443 e. The molecule has 0 fully saturated rings. The van der Waals surface area contributed by atoms with E-state index >= 15 is 0 Å². The Morgan fingerprint density at radius 2 is 2.00 bits per heavy atom. The van der Waals surface area contributed by atoms with Crippen LogP contribution in [0.25, 0.3) is 0 Å². The van der Waals surface area contributed by atoms with Crippen molar-refractivity contribution < 1.29 is 4.42 Å². The summed E-state index contributed by atoms with van der Waals surface area (Å²) in [6, 6.07) is 4.27. The Bertz CT molecular complexity index is 681. The Morgan fingerprint density at radius 3 is 2.56 bits per heavy atom. The highest BCUT2D eigenvalue weighted by Gasteiger charge is 2.22. The van der Waals surface area contributed by atoms with Gasteiger partial charge in [0, 0.05) is 28.8 Å². The average Bonchev–Trinajstić information content (AvgIpc) is 3.20. The molecule has 0 amide bonds. The summed E-state index contributed by atoms with van der Waals surface area (Å²) >= 11 is 1.78. The van der Waals surface area contributed by atoms with Crippen LogP contribution in [0.4, 0.5) is 0 Å². The molecule has 138 valence electrons. The third-order valence-electron chi connectivity index (χ3n) is 3.90. The molecule has 0 unspecified atom stereocenters. The van der Waals surface area contributed by atoms with E-state index in [9.17, 15) is 0 Å². The molecule has 2 aromatic heterocycles. The average molecular weight is 363 g/mol. The van der Waals surface area contributed by atoms with Crippen LogP contribution in [0.1, 0.15) is 58.1 Å². The summed E-state index contributed by atoms with van der Waals surface area (Å²) in [4.78, 5) is 10.3. The van der Waals surface area contributed by atoms with Crippen molar-refractivity contribution in [3.05, 3.63) is 40.2 Å². The third kappa shape index (κ3) is 5.59. The van der Waals surface area contributed by atoms with E-state index in [1.165, 1.54) is 4.88 Å². The second kappa shape index (κ2) is 8.04. The van der Waals surface area contributed by atoms with Gasteiger partial charge in [0.05, 0.1) is 6.20 Å². The highest BCUT2D eigenvalue weighted by molar-refractivity contribution is 7.10. The number of aromatic nitrogens is 1. The zero-order valence-electron chi connectivity index (χ0n) is 16.1. The van der Waals surface area contributed by atoms with Crippen LogP contribution in [0.3, 0.4) is 0 Å². The lowest BCUT2D eigenvalue weighted by molar-refractivity contribution is 0.383. The summed E-state index contributed by atoms with van der Waals surface area (Å²) in [5.74, 6) is 2.30. The van der Waals surface area contributed by atoms with Gasteiger partial charge in [-0.1, -0.05) is 40.7 Å². The molecule has 0 saturated carbocycles. The Balaban J connectivity index is 2.00. The zero-order valence-corrected chi connectivity index (χ0v) is 17.0. The molecule has 0 spiro atoms. The first-order valence-corrected chi connectivity index (χ1v) is 9.61. The van der Waals surface area contributed by atoms with Crippen molar-refractivity contribution in [2.45, 2.75) is 58.9 Å². The molecule has 2 aromatic rings. The van der Waals surface area contributed by atoms with Crippen LogP contribution in [0.2, 0.25) is 0 Å². The number of oxazole rings is 1. The van der Waals surface area contributed by atoms with Crippen LogP contribution in [0, 0.1) is 0 Å². The van der Waals surface area contributed by atoms with Gasteiger partial charge in [0.1, 0.15) is 12.3 Å². The molecule has 0 aliphatic heterocycles. The fourth-order valence-electron chi connectivity index (χ4n) is 2.27. The molecule has 2 N–H and O–H groups in total. The van der Waals surface area contributed by atoms with Crippen molar-refractivity contribution in [2.75, 3.05) is 13.1 Å². The van der Waals surface area contributed by atoms with E-state index in [2.05, 4.69) is 79.7 Å². The number of nitrogens with zero attached hydrogens (tertiary/aromatic N) is 2. The summed E-state index contributed by atoms with van der Waals surface area (Å²) in [6.07, 6.45) is 1.80. The molecule has 0 aliphatic carbocycles. The molecule has 25 heavy (non-hydrogen) atoms. The lowest BCUT2D eigenvalue weighted by atomic mass is 9.91. The van der Waals surface area contributed by atoms with E-state index in [-0.39, 0.29) is 10.8 Å². The van der Waals surface area contributed by atoms with Crippen LogP contribution < -0.4 is 10.6 Å². The van der Waals surface area contributed by atoms with E-state index in [1.54, 1.807) is 17.5 Å². The van der Waals surface area contributed by atoms with E-state index in [0.29, 0.717) is 12.4 Å². The van der Waals surface area contributed by atoms with Gasteiger partial charge in [-0.05, 0) is 18.4 Å². The number of thiophene rings is 1. The summed E-state index contributed by atoms with van der Waals surface area (Å²) in [5, 5.41) is 8.83. The minimum Gasteiger partial charge on any atom is -0.443 e. The maximum absolute atomic E-state index is 5.81. The second-order valence-corrected chi connectivity index (χ2v) is 8.73. The lowest BCUT2D eigenvalue weighted by Crippen LogP contribution is -2.43. The Labute approximate surface area is 155 Å². The highest BCUT2D eigenvalue weighted by atomic mass is 32.1. The van der Waals surface area contributed by atoms with Crippen LogP contribution in [-0.2, 0) is 17.4 Å². The van der Waals surface area contributed by atoms with Crippen molar-refractivity contribution in [1.82, 2.24) is 15.6 Å². The van der Waals surface area contributed by atoms with Crippen LogP contribution in [0.5, 0.6) is 0 Å². The topological polar surface area (TPSA) is 62.5 Å². The first kappa shape index (κ1) is 19.5. The van der Waals surface area contributed by atoms with Gasteiger partial charge in [0.2, 0.25) is 5.89 Å². The van der Waals surface area contributed by atoms with Crippen molar-refractivity contribution in [1.29, 1.82) is 0 Å². The predicted molar refractivity (Wildman–Crippen MR) is 105 cm³/mol. The summed E-state index contributed by atoms with van der Waals surface area (Å²) in [7, 11) is 0. The monoisotopic (exact) mass is 362 g/mol. The highest BCUT2D eigenvalue weighted by Crippen LogP contribution is 2.26. The third-order valence-corrected chi connectivity index (χ3v) is 5.13. The molecule has 5 nitrogen and oxygen atoms in total. The number of guanidine groups is 1. The van der Waals surface area contributed by atoms with E-state index in [1.807, 2.05) is 0 Å². The van der Waals surface area contributed by atoms with Crippen LogP contribution >= 0.6 is 11.3 Å². The predicted octanol–water partition coefficient (Wildman–Crippen LogP) is 4.07. The number of hydrogen-bond acceptors (Lipinski definition) is 4. The molecule has 2 rings (SSSR count). The Hall–Kier alpha value is -1.82. The molecule has 0 bridgehead atoms. The van der Waals surface area contributed by atoms with Crippen molar-refractivity contribution >= 4 is 17.3 Å². The Morgan fingerprint density at radius 1 is 1.24 bits per heavy atom. The zero-order chi connectivity index (χ0) is 18.5. The van der Waals surface area contributed by atoms with Gasteiger partial charge in [-0.3, -0.25) is 0 Å². The quantitative estimate of drug-likeness (QED) is 0.601. The molecule has 6 heteroatoms. The number of aliphatic imine (C=N–C) groups is 1. The normalized spacial score (nSPS) is 13.1. The molecule has 0 saturated heterocycles. The SMILES string of the molecule is CCNC(=NCc1ncc(C(C)(C)C)o1)NCC(C)(C)c1cccs1. The van der Waals surface area contributed by atoms with Gasteiger partial charge in [-0.25, -0.2) is 9.98 Å². The van der Waals surface area contributed by atoms with E-state index < -0.39 is 0 Å². The number of hydrogen-bond donors (Lipinski definition) is 2. The maximum Gasteiger partial charge on any atom is 0.216 e. The molecule has 2 heterocycles. The van der Waals surface area contributed by atoms with Crippen LogP contribution in [-0.4, -0.2) is 24.0 Å². The van der Waals surface area contributed by atoms with Gasteiger partial charge in [-0.15, -0.1) is 11.3 Å². The van der Waals surface area contributed by atoms with Gasteiger partial charge in [0.15, 0.2) is 5.96 Å². The summed E-state index contributed by atoms with van der Waals surface area (Å²) in [5.41, 5.74) is 0.00907. The summed E-state index contributed by atoms with van der Waals surface area (Å²) in [6.45, 7) is 14.9. The van der Waals surface area contributed by atoms with Crippen molar-refractivity contribution in [3.8, 4) is 0 Å². The molecule has 0 atom stereocenters. The summed E-state index contributed by atoms with van der Waals surface area (Å²) < 4.78 is 5.81. The van der Waals surface area contributed by atoms with Gasteiger partial charge < -0.3 is 15.1 Å². The second-order valence-electron chi connectivity index (χ2n) is 7.78. The molecule has 0 aromatic carbocycles. The smallest absolute Gasteiger partial charge is 0.216 e. The van der Waals surface area contributed by atoms with Gasteiger partial charge in [-0.2, -0.15) is 0 Å². The standard InChI is InChI=1S/C19H30N4OS/c1-7-20-17(23-13-19(5,6)15-9-8-10-25-15)22-12-16-21-11-14(24-16)18(2,3)4/h8-11H,7,12-13H2,1-6H3,(H2,20,22,23). The van der Waals surface area contributed by atoms with E-state index in [4.69, 9.17) is 4.42 Å². The molecular weight excluding hydrogens is 332 g/mol. The van der Waals surface area contributed by atoms with Crippen molar-refractivity contribution in [2.24, 2.45) is 4.99 Å². The minimum absolute atomic E-state index is 0.0392. The minimum atomic E-state index is -0.0392. The first-order chi connectivity index (χ1) is 11.7. The van der Waals surface area contributed by atoms with Crippen molar-refractivity contribution in [3.63, 3.8) is 0 Å². The van der Waals surface area contributed by atoms with E-state index in [0.717, 1.165) is 24.8 Å².